The fourth-order valence-electron chi connectivity index (χ4n) is 3.21. The monoisotopic (exact) mass is 330 g/mol. The summed E-state index contributed by atoms with van der Waals surface area (Å²) in [5, 5.41) is 16.0. The summed E-state index contributed by atoms with van der Waals surface area (Å²) in [5.41, 5.74) is 1.02. The molecule has 3 rings (SSSR count). The molecule has 2 heterocycles. The molecular weight excluding hydrogens is 304 g/mol. The Balaban J connectivity index is 1.35. The second kappa shape index (κ2) is 8.60. The third-order valence-corrected chi connectivity index (χ3v) is 5.51. The number of hydrogen-bond acceptors (Lipinski definition) is 4. The van der Waals surface area contributed by atoms with Crippen LogP contribution in [0.3, 0.4) is 0 Å². The van der Waals surface area contributed by atoms with Crippen molar-refractivity contribution in [2.45, 2.75) is 25.5 Å². The van der Waals surface area contributed by atoms with Crippen LogP contribution in [0.5, 0.6) is 0 Å². The summed E-state index contributed by atoms with van der Waals surface area (Å²) >= 11 is 1.82. The number of hydrogen-bond donors (Lipinski definition) is 2. The predicted octanol–water partition coefficient (Wildman–Crippen LogP) is 3.28. The van der Waals surface area contributed by atoms with Gasteiger partial charge < -0.3 is 15.3 Å². The molecule has 1 atom stereocenters. The number of nitrogens with one attached hydrogen (secondary N) is 1. The van der Waals surface area contributed by atoms with Gasteiger partial charge in [-0.25, -0.2) is 0 Å². The van der Waals surface area contributed by atoms with Crippen molar-refractivity contribution < 1.29 is 5.11 Å². The Morgan fingerprint density at radius 2 is 1.91 bits per heavy atom. The molecule has 0 amide bonds. The van der Waals surface area contributed by atoms with Crippen LogP contribution in [0.15, 0.2) is 47.8 Å². The van der Waals surface area contributed by atoms with Gasteiger partial charge in [-0.3, -0.25) is 0 Å². The van der Waals surface area contributed by atoms with Crippen LogP contribution in [-0.4, -0.2) is 36.2 Å². The van der Waals surface area contributed by atoms with Gasteiger partial charge in [0.15, 0.2) is 0 Å². The Kier molecular flexibility index (Phi) is 6.22. The lowest BCUT2D eigenvalue weighted by Crippen LogP contribution is -2.39. The average molecular weight is 330 g/mol. The van der Waals surface area contributed by atoms with Gasteiger partial charge in [-0.1, -0.05) is 36.4 Å². The highest BCUT2D eigenvalue weighted by Gasteiger charge is 2.21. The van der Waals surface area contributed by atoms with E-state index in [1.807, 2.05) is 41.7 Å². The van der Waals surface area contributed by atoms with Crippen molar-refractivity contribution in [3.63, 3.8) is 0 Å². The van der Waals surface area contributed by atoms with Gasteiger partial charge in [-0.05, 0) is 55.4 Å². The lowest BCUT2D eigenvalue weighted by molar-refractivity contribution is 0.0891. The molecule has 2 N–H and O–H groups in total. The van der Waals surface area contributed by atoms with Crippen molar-refractivity contribution in [2.24, 2.45) is 5.92 Å². The molecular formula is C19H26N2OS. The van der Waals surface area contributed by atoms with Gasteiger partial charge in [-0.2, -0.15) is 0 Å². The van der Waals surface area contributed by atoms with E-state index in [1.54, 1.807) is 0 Å². The summed E-state index contributed by atoms with van der Waals surface area (Å²) in [5.74, 6) is 0.764. The number of piperidine rings is 1. The summed E-state index contributed by atoms with van der Waals surface area (Å²) in [6.07, 6.45) is 2.07. The first-order valence-electron chi connectivity index (χ1n) is 8.50. The minimum Gasteiger partial charge on any atom is -0.387 e. The first kappa shape index (κ1) is 16.7. The van der Waals surface area contributed by atoms with E-state index >= 15 is 0 Å². The number of benzene rings is 1. The second-order valence-corrected chi connectivity index (χ2v) is 7.41. The Labute approximate surface area is 143 Å². The lowest BCUT2D eigenvalue weighted by atomic mass is 9.96. The maximum absolute atomic E-state index is 10.3. The highest BCUT2D eigenvalue weighted by Crippen LogP contribution is 2.20. The Morgan fingerprint density at radius 1 is 1.13 bits per heavy atom. The molecule has 3 nitrogen and oxygen atoms in total. The van der Waals surface area contributed by atoms with E-state index in [-0.39, 0.29) is 6.10 Å². The minimum absolute atomic E-state index is 0.371. The lowest BCUT2D eigenvalue weighted by Gasteiger charge is -2.33. The topological polar surface area (TPSA) is 35.5 Å². The highest BCUT2D eigenvalue weighted by atomic mass is 32.1. The van der Waals surface area contributed by atoms with Crippen molar-refractivity contribution in [1.29, 1.82) is 0 Å². The Hall–Kier alpha value is -1.20. The SMILES string of the molecule is O[C@@H](CN1CCC(CNCc2cccs2)CC1)c1ccccc1. The number of thiophene rings is 1. The number of aliphatic hydroxyl groups excluding tert-OH is 1. The molecule has 2 aromatic rings. The van der Waals surface area contributed by atoms with E-state index in [4.69, 9.17) is 0 Å². The van der Waals surface area contributed by atoms with Gasteiger partial charge in [0.25, 0.3) is 0 Å². The van der Waals surface area contributed by atoms with Crippen LogP contribution in [0.1, 0.15) is 29.4 Å². The normalized spacial score (nSPS) is 18.1. The first-order valence-corrected chi connectivity index (χ1v) is 9.37. The van der Waals surface area contributed by atoms with Crippen molar-refractivity contribution in [3.05, 3.63) is 58.3 Å². The Morgan fingerprint density at radius 3 is 2.61 bits per heavy atom. The third kappa shape index (κ3) is 5.15. The van der Waals surface area contributed by atoms with Crippen molar-refractivity contribution in [2.75, 3.05) is 26.2 Å². The van der Waals surface area contributed by atoms with Crippen LogP contribution in [0.2, 0.25) is 0 Å². The molecule has 0 bridgehead atoms. The first-order chi connectivity index (χ1) is 11.3. The molecule has 124 valence electrons. The van der Waals surface area contributed by atoms with Crippen LogP contribution in [0, 0.1) is 5.92 Å². The molecule has 0 spiro atoms. The van der Waals surface area contributed by atoms with Crippen LogP contribution in [-0.2, 0) is 6.54 Å². The number of likely N-dealkylation sites (tertiary alicyclic amines) is 1. The van der Waals surface area contributed by atoms with Gasteiger partial charge in [0.1, 0.15) is 0 Å². The second-order valence-electron chi connectivity index (χ2n) is 6.38. The quantitative estimate of drug-likeness (QED) is 0.818. The van der Waals surface area contributed by atoms with Gasteiger partial charge in [0.05, 0.1) is 6.10 Å². The van der Waals surface area contributed by atoms with Crippen LogP contribution < -0.4 is 5.32 Å². The highest BCUT2D eigenvalue weighted by molar-refractivity contribution is 7.09. The minimum atomic E-state index is -0.371. The molecule has 1 fully saturated rings. The predicted molar refractivity (Wildman–Crippen MR) is 96.6 cm³/mol. The van der Waals surface area contributed by atoms with Gasteiger partial charge in [0.2, 0.25) is 0 Å². The fraction of sp³-hybridized carbons (Fsp3) is 0.474. The average Bonchev–Trinajstić information content (AvgIpc) is 3.11. The fourth-order valence-corrected chi connectivity index (χ4v) is 3.89. The third-order valence-electron chi connectivity index (χ3n) is 4.63. The van der Waals surface area contributed by atoms with E-state index in [0.29, 0.717) is 0 Å². The Bertz CT molecular complexity index is 550. The van der Waals surface area contributed by atoms with Crippen LogP contribution in [0.25, 0.3) is 0 Å². The summed E-state index contributed by atoms with van der Waals surface area (Å²) in [6.45, 7) is 5.03. The van der Waals surface area contributed by atoms with Gasteiger partial charge in [0, 0.05) is 18.0 Å². The van der Waals surface area contributed by atoms with E-state index in [9.17, 15) is 5.11 Å². The smallest absolute Gasteiger partial charge is 0.0916 e. The molecule has 1 saturated heterocycles. The van der Waals surface area contributed by atoms with E-state index in [0.717, 1.165) is 44.2 Å². The van der Waals surface area contributed by atoms with Crippen LogP contribution >= 0.6 is 11.3 Å². The molecule has 4 heteroatoms. The maximum atomic E-state index is 10.3. The zero-order valence-corrected chi connectivity index (χ0v) is 14.3. The van der Waals surface area contributed by atoms with Gasteiger partial charge >= 0.3 is 0 Å². The van der Waals surface area contributed by atoms with E-state index < -0.39 is 0 Å². The maximum Gasteiger partial charge on any atom is 0.0916 e. The molecule has 0 radical (unpaired) electrons. The molecule has 0 unspecified atom stereocenters. The zero-order valence-electron chi connectivity index (χ0n) is 13.5. The van der Waals surface area contributed by atoms with Crippen molar-refractivity contribution in [1.82, 2.24) is 10.2 Å². The standard InChI is InChI=1S/C19H26N2OS/c22-19(17-5-2-1-3-6-17)15-21-10-8-16(9-11-21)13-20-14-18-7-4-12-23-18/h1-7,12,16,19-20,22H,8-11,13-15H2/t19-/m0/s1. The molecule has 0 saturated carbocycles. The zero-order chi connectivity index (χ0) is 15.9. The number of rotatable bonds is 7. The summed E-state index contributed by atoms with van der Waals surface area (Å²) in [7, 11) is 0. The summed E-state index contributed by atoms with van der Waals surface area (Å²) in [6, 6.07) is 14.3. The van der Waals surface area contributed by atoms with Crippen molar-refractivity contribution >= 4 is 11.3 Å². The summed E-state index contributed by atoms with van der Waals surface area (Å²) < 4.78 is 0. The number of β-amino-alcohol motifs (C(OH)–C–C–N with tert-alkyl or cyclic N) is 1. The van der Waals surface area contributed by atoms with Crippen molar-refractivity contribution in [3.8, 4) is 0 Å². The van der Waals surface area contributed by atoms with Gasteiger partial charge in [-0.15, -0.1) is 11.3 Å². The number of nitrogens with zero attached hydrogens (tertiary/aromatic N) is 1. The van der Waals surface area contributed by atoms with E-state index in [1.165, 1.54) is 17.7 Å². The largest absolute Gasteiger partial charge is 0.387 e. The molecule has 1 aromatic heterocycles. The molecule has 1 aromatic carbocycles. The number of aliphatic hydroxyl groups is 1. The van der Waals surface area contributed by atoms with E-state index in [2.05, 4.69) is 27.7 Å². The molecule has 23 heavy (non-hydrogen) atoms. The molecule has 1 aliphatic rings. The molecule has 0 aliphatic carbocycles. The summed E-state index contributed by atoms with van der Waals surface area (Å²) in [4.78, 5) is 3.81. The molecule has 1 aliphatic heterocycles. The van der Waals surface area contributed by atoms with Crippen LogP contribution in [0.4, 0.5) is 0 Å².